The van der Waals surface area contributed by atoms with Crippen molar-refractivity contribution in [3.63, 3.8) is 0 Å². The Bertz CT molecular complexity index is 2770. The van der Waals surface area contributed by atoms with E-state index in [2.05, 4.69) is 57.7 Å². The average Bonchev–Trinajstić information content (AvgIpc) is 3.98. The number of thioether (sulfide) groups is 1. The Morgan fingerprint density at radius 3 is 2.11 bits per heavy atom. The zero-order valence-electron chi connectivity index (χ0n) is 40.9. The number of carbonyl (C=O) groups excluding carboxylic acids is 9. The van der Waals surface area contributed by atoms with Crippen LogP contribution in [0, 0.1) is 0 Å². The van der Waals surface area contributed by atoms with Crippen LogP contribution in [0.3, 0.4) is 0 Å². The fraction of sp³-hybridized carbons (Fsp3) is 0.511. The maximum absolute atomic E-state index is 14.7. The van der Waals surface area contributed by atoms with E-state index in [1.807, 2.05) is 0 Å². The number of H-pyrrole nitrogens is 1. The first-order valence-electron chi connectivity index (χ1n) is 23.9. The Morgan fingerprint density at radius 1 is 0.827 bits per heavy atom. The third-order valence-electron chi connectivity index (χ3n) is 13.0. The van der Waals surface area contributed by atoms with Crippen LogP contribution in [0.4, 0.5) is 18.9 Å². The quantitative estimate of drug-likeness (QED) is 0.116. The van der Waals surface area contributed by atoms with Crippen molar-refractivity contribution in [2.24, 2.45) is 10.2 Å². The number of aromatic amines is 1. The highest BCUT2D eigenvalue weighted by atomic mass is 32.2. The predicted octanol–water partition coefficient (Wildman–Crippen LogP) is -1.02. The number of hydrogen-bond acceptors (Lipinski definition) is 15. The average molecular weight is 1070 g/mol. The minimum atomic E-state index is -4.75. The van der Waals surface area contributed by atoms with E-state index in [4.69, 9.17) is 0 Å². The van der Waals surface area contributed by atoms with E-state index in [0.29, 0.717) is 21.5 Å². The van der Waals surface area contributed by atoms with E-state index in [9.17, 15) is 71.6 Å². The lowest BCUT2D eigenvalue weighted by Crippen LogP contribution is -2.62. The molecule has 2 aromatic carbocycles. The molecule has 75 heavy (non-hydrogen) atoms. The van der Waals surface area contributed by atoms with Crippen LogP contribution in [-0.2, 0) is 55.2 Å². The van der Waals surface area contributed by atoms with Gasteiger partial charge in [0.15, 0.2) is 0 Å². The number of halogens is 3. The van der Waals surface area contributed by atoms with Crippen molar-refractivity contribution in [2.75, 3.05) is 24.2 Å². The van der Waals surface area contributed by atoms with E-state index in [1.165, 1.54) is 39.8 Å². The van der Waals surface area contributed by atoms with Gasteiger partial charge in [-0.3, -0.25) is 43.2 Å². The topological polar surface area (TPSA) is 354 Å². The second-order valence-corrected chi connectivity index (χ2v) is 20.3. The van der Waals surface area contributed by atoms with Crippen molar-refractivity contribution in [3.05, 3.63) is 59.7 Å². The Morgan fingerprint density at radius 2 is 1.45 bits per heavy atom. The minimum absolute atomic E-state index is 0.128. The number of anilines is 1. The summed E-state index contributed by atoms with van der Waals surface area (Å²) in [5, 5.41) is 60.5. The summed E-state index contributed by atoms with van der Waals surface area (Å²) < 4.78 is 40.2. The molecule has 0 saturated carbocycles. The van der Waals surface area contributed by atoms with Crippen LogP contribution in [-0.4, -0.2) is 163 Å². The number of aromatic nitrogens is 1. The summed E-state index contributed by atoms with van der Waals surface area (Å²) >= 11 is 1.03. The molecule has 12 N–H and O–H groups in total. The highest BCUT2D eigenvalue weighted by Gasteiger charge is 2.65. The SMILES string of the molecule is CC1NC(=O)C(CC(C)(O)CNC(=O)CCC(=O)Nc2ccc(C3(C(F)(F)F)N=N3)cc2)NC(=O)C2Cc3c([nH]c4ccccc34)SCC(NC(=O)C(C(C)O)NC1=O)C(=O)N1CC(O)CC1C(=O)NC(C)C(=O)N2. The molecule has 1 saturated heterocycles. The molecule has 10 unspecified atom stereocenters. The molecule has 0 spiro atoms. The third kappa shape index (κ3) is 13.0. The number of para-hydroxylation sites is 1. The molecule has 5 heterocycles. The minimum Gasteiger partial charge on any atom is -0.391 e. The fourth-order valence-corrected chi connectivity index (χ4v) is 9.92. The number of nitrogens with one attached hydrogen (secondary N) is 9. The van der Waals surface area contributed by atoms with Gasteiger partial charge in [0.25, 0.3) is 0 Å². The number of nitrogens with zero attached hydrogens (tertiary/aromatic N) is 3. The molecule has 7 rings (SSSR count). The summed E-state index contributed by atoms with van der Waals surface area (Å²) in [5.74, 6) is -8.28. The summed E-state index contributed by atoms with van der Waals surface area (Å²) in [7, 11) is 0. The molecule has 10 atom stereocenters. The van der Waals surface area contributed by atoms with Gasteiger partial charge in [0.05, 0.1) is 22.8 Å². The lowest BCUT2D eigenvalue weighted by Gasteiger charge is -2.31. The van der Waals surface area contributed by atoms with Crippen LogP contribution in [0.25, 0.3) is 10.9 Å². The molecule has 3 aromatic rings. The van der Waals surface area contributed by atoms with E-state index in [1.54, 1.807) is 24.3 Å². The second-order valence-electron chi connectivity index (χ2n) is 19.2. The van der Waals surface area contributed by atoms with Gasteiger partial charge in [0, 0.05) is 73.1 Å². The van der Waals surface area contributed by atoms with Crippen molar-refractivity contribution in [1.82, 2.24) is 47.1 Å². The van der Waals surface area contributed by atoms with Gasteiger partial charge in [-0.1, -0.05) is 30.3 Å². The lowest BCUT2D eigenvalue weighted by molar-refractivity contribution is -0.166. The van der Waals surface area contributed by atoms with Crippen molar-refractivity contribution in [3.8, 4) is 0 Å². The lowest BCUT2D eigenvalue weighted by atomic mass is 9.95. The Kier molecular flexibility index (Phi) is 16.6. The normalized spacial score (nSPS) is 27.0. The highest BCUT2D eigenvalue weighted by molar-refractivity contribution is 7.99. The smallest absolute Gasteiger partial charge is 0.391 e. The number of aliphatic hydroxyl groups is 3. The molecule has 4 aliphatic rings. The Hall–Kier alpha value is -7.17. The largest absolute Gasteiger partial charge is 0.442 e. The van der Waals surface area contributed by atoms with Crippen LogP contribution in [0.15, 0.2) is 63.8 Å². The highest BCUT2D eigenvalue weighted by Crippen LogP contribution is 2.52. The van der Waals surface area contributed by atoms with Crippen LogP contribution < -0.4 is 42.5 Å². The van der Waals surface area contributed by atoms with E-state index < -0.39 is 151 Å². The number of rotatable bonds is 10. The van der Waals surface area contributed by atoms with Gasteiger partial charge in [0.1, 0.15) is 42.3 Å². The van der Waals surface area contributed by atoms with Gasteiger partial charge in [-0.25, -0.2) is 0 Å². The number of amides is 9. The van der Waals surface area contributed by atoms with Crippen LogP contribution in [0.1, 0.15) is 64.5 Å². The fourth-order valence-electron chi connectivity index (χ4n) is 8.81. The van der Waals surface area contributed by atoms with Crippen molar-refractivity contribution in [2.45, 2.75) is 137 Å². The summed E-state index contributed by atoms with van der Waals surface area (Å²) in [4.78, 5) is 129. The maximum Gasteiger partial charge on any atom is 0.442 e. The van der Waals surface area contributed by atoms with Gasteiger partial charge < -0.3 is 67.7 Å². The summed E-state index contributed by atoms with van der Waals surface area (Å²) in [6.45, 7) is 4.06. The van der Waals surface area contributed by atoms with E-state index >= 15 is 0 Å². The zero-order valence-corrected chi connectivity index (χ0v) is 41.7. The van der Waals surface area contributed by atoms with Gasteiger partial charge >= 0.3 is 11.8 Å². The second kappa shape index (κ2) is 22.4. The van der Waals surface area contributed by atoms with Crippen molar-refractivity contribution >= 4 is 81.5 Å². The molecule has 1 fully saturated rings. The van der Waals surface area contributed by atoms with Crippen LogP contribution in [0.5, 0.6) is 0 Å². The third-order valence-corrected chi connectivity index (χ3v) is 14.2. The number of aliphatic hydroxyl groups excluding tert-OH is 2. The Balaban J connectivity index is 1.15. The molecule has 404 valence electrons. The summed E-state index contributed by atoms with van der Waals surface area (Å²) in [6, 6.07) is 0.888. The number of benzene rings is 2. The molecular formula is C47H57F3N12O12S. The first kappa shape index (κ1) is 55.6. The first-order chi connectivity index (χ1) is 35.2. The molecule has 9 amide bonds. The van der Waals surface area contributed by atoms with Gasteiger partial charge in [-0.15, -0.1) is 22.0 Å². The number of carbonyl (C=O) groups is 9. The molecule has 1 aromatic heterocycles. The Labute approximate surface area is 429 Å². The van der Waals surface area contributed by atoms with Crippen LogP contribution >= 0.6 is 11.8 Å². The molecule has 4 aliphatic heterocycles. The molecule has 28 heteroatoms. The molecule has 2 bridgehead atoms. The number of alkyl halides is 3. The van der Waals surface area contributed by atoms with Gasteiger partial charge in [-0.05, 0) is 51.5 Å². The van der Waals surface area contributed by atoms with Gasteiger partial charge in [0.2, 0.25) is 53.2 Å². The molecular weight excluding hydrogens is 1010 g/mol. The first-order valence-corrected chi connectivity index (χ1v) is 24.9. The molecule has 0 radical (unpaired) electrons. The standard InChI is InChI=1S/C47H57F3N12O12S/c1-21-37(67)55-30-16-28-27-7-5-6-8-29(27)58-43(28)75-19-32(44(73)62-18-26(64)15-33(62)41(71)53-21)57-42(72)36(23(3)63)59-38(68)22(2)52-40(70)31(56-39(30)69)17-45(4,74)20-51-34(65)13-14-35(66)54-25-11-9-24(10-12-25)46(60-61-46)47(48,49)50/h5-12,21-23,26,30-33,36,58,63-64,74H,13-20H2,1-4H3,(H,51,65)(H,52,70)(H,53,71)(H,54,66)(H,55,67)(H,56,69)(H,57,72)(H,59,68). The molecule has 24 nitrogen and oxygen atoms in total. The van der Waals surface area contributed by atoms with Crippen molar-refractivity contribution < 1.29 is 71.6 Å². The number of fused-ring (bicyclic) bond motifs is 5. The van der Waals surface area contributed by atoms with Crippen LogP contribution in [0.2, 0.25) is 0 Å². The predicted molar refractivity (Wildman–Crippen MR) is 259 cm³/mol. The molecule has 0 aliphatic carbocycles. The summed E-state index contributed by atoms with van der Waals surface area (Å²) in [6.07, 6.45) is -9.54. The van der Waals surface area contributed by atoms with Crippen molar-refractivity contribution in [1.29, 1.82) is 0 Å². The van der Waals surface area contributed by atoms with Gasteiger partial charge in [-0.2, -0.15) is 13.2 Å². The van der Waals surface area contributed by atoms with E-state index in [-0.39, 0.29) is 36.4 Å². The number of hydrogen-bond donors (Lipinski definition) is 12. The zero-order chi connectivity index (χ0) is 54.7. The monoisotopic (exact) mass is 1070 g/mol. The maximum atomic E-state index is 14.7. The summed E-state index contributed by atoms with van der Waals surface area (Å²) in [5.41, 5.74) is -3.80. The van der Waals surface area contributed by atoms with E-state index in [0.717, 1.165) is 28.8 Å².